The molecule has 0 spiro atoms. The van der Waals surface area contributed by atoms with E-state index in [1.807, 2.05) is 12.1 Å². The summed E-state index contributed by atoms with van der Waals surface area (Å²) in [6.07, 6.45) is 2.66. The number of hydrogen-bond acceptors (Lipinski definition) is 6. The highest BCUT2D eigenvalue weighted by Gasteiger charge is 2.22. The Morgan fingerprint density at radius 2 is 2.11 bits per heavy atom. The molecular weight excluding hydrogens is 364 g/mol. The monoisotopic (exact) mass is 386 g/mol. The molecule has 27 heavy (non-hydrogen) atoms. The van der Waals surface area contributed by atoms with Crippen molar-refractivity contribution in [1.82, 2.24) is 9.88 Å². The summed E-state index contributed by atoms with van der Waals surface area (Å²) >= 11 is 0. The normalized spacial score (nSPS) is 16.4. The summed E-state index contributed by atoms with van der Waals surface area (Å²) in [5, 5.41) is 0. The summed E-state index contributed by atoms with van der Waals surface area (Å²) in [5.41, 5.74) is 3.73. The van der Waals surface area contributed by atoms with Crippen LogP contribution in [0.4, 0.5) is 0 Å². The number of nitrogens with zero attached hydrogens (tertiary/aromatic N) is 2. The van der Waals surface area contributed by atoms with Crippen LogP contribution in [0.1, 0.15) is 31.9 Å². The molecular formula is C20H22N2O4S. The van der Waals surface area contributed by atoms with Crippen LogP contribution in [0.2, 0.25) is 0 Å². The molecule has 7 heteroatoms. The molecule has 1 aliphatic rings. The van der Waals surface area contributed by atoms with Gasteiger partial charge < -0.3 is 8.83 Å². The lowest BCUT2D eigenvalue weighted by molar-refractivity contribution is 0.262. The molecule has 0 aliphatic carbocycles. The van der Waals surface area contributed by atoms with Gasteiger partial charge >= 0.3 is 0 Å². The Hall–Kier alpha value is -2.38. The molecule has 0 amide bonds. The first-order chi connectivity index (χ1) is 13.0. The predicted molar refractivity (Wildman–Crippen MR) is 103 cm³/mol. The van der Waals surface area contributed by atoms with Gasteiger partial charge in [0, 0.05) is 18.7 Å². The van der Waals surface area contributed by atoms with Gasteiger partial charge in [0.25, 0.3) is 0 Å². The molecule has 2 aromatic heterocycles. The molecule has 0 bridgehead atoms. The zero-order chi connectivity index (χ0) is 19.0. The average Bonchev–Trinajstić information content (AvgIpc) is 3.31. The van der Waals surface area contributed by atoms with E-state index < -0.39 is 9.84 Å². The molecule has 0 saturated heterocycles. The topological polar surface area (TPSA) is 76.6 Å². The first-order valence-corrected chi connectivity index (χ1v) is 10.7. The van der Waals surface area contributed by atoms with E-state index in [2.05, 4.69) is 16.8 Å². The van der Waals surface area contributed by atoms with E-state index in [0.717, 1.165) is 25.3 Å². The number of oxazole rings is 1. The van der Waals surface area contributed by atoms with Crippen molar-refractivity contribution < 1.29 is 17.3 Å². The summed E-state index contributed by atoms with van der Waals surface area (Å²) in [5.74, 6) is 1.57. The van der Waals surface area contributed by atoms with Crippen LogP contribution in [0.25, 0.3) is 16.7 Å². The van der Waals surface area contributed by atoms with Gasteiger partial charge in [-0.05, 0) is 43.7 Å². The van der Waals surface area contributed by atoms with Crippen molar-refractivity contribution in [3.8, 4) is 0 Å². The molecule has 142 valence electrons. The van der Waals surface area contributed by atoms with Crippen molar-refractivity contribution in [3.63, 3.8) is 0 Å². The van der Waals surface area contributed by atoms with Crippen LogP contribution in [0.5, 0.6) is 0 Å². The molecule has 0 N–H and O–H groups in total. The third-order valence-electron chi connectivity index (χ3n) is 5.02. The minimum atomic E-state index is -3.25. The smallest absolute Gasteiger partial charge is 0.209 e. The zero-order valence-electron chi connectivity index (χ0n) is 15.4. The van der Waals surface area contributed by atoms with Gasteiger partial charge in [-0.1, -0.05) is 12.5 Å². The van der Waals surface area contributed by atoms with Crippen LogP contribution in [-0.4, -0.2) is 37.1 Å². The predicted octanol–water partition coefficient (Wildman–Crippen LogP) is 3.89. The molecule has 3 heterocycles. The summed E-state index contributed by atoms with van der Waals surface area (Å²) in [6.45, 7) is 6.04. The number of aromatic nitrogens is 1. The zero-order valence-corrected chi connectivity index (χ0v) is 16.3. The van der Waals surface area contributed by atoms with Crippen molar-refractivity contribution in [2.75, 3.05) is 18.8 Å². The van der Waals surface area contributed by atoms with Crippen molar-refractivity contribution in [2.24, 2.45) is 0 Å². The Labute approximate surface area is 158 Å². The first kappa shape index (κ1) is 18.0. The fraction of sp³-hybridized carbons (Fsp3) is 0.350. The molecule has 6 nitrogen and oxygen atoms in total. The summed E-state index contributed by atoms with van der Waals surface area (Å²) in [6, 6.07) is 8.74. The van der Waals surface area contributed by atoms with Crippen LogP contribution in [0.3, 0.4) is 0 Å². The van der Waals surface area contributed by atoms with E-state index in [4.69, 9.17) is 8.83 Å². The van der Waals surface area contributed by atoms with Gasteiger partial charge in [0.15, 0.2) is 15.4 Å². The molecule has 0 unspecified atom stereocenters. The van der Waals surface area contributed by atoms with E-state index in [-0.39, 0.29) is 10.6 Å². The van der Waals surface area contributed by atoms with Crippen LogP contribution in [0.15, 0.2) is 55.9 Å². The average molecular weight is 386 g/mol. The van der Waals surface area contributed by atoms with Crippen LogP contribution < -0.4 is 0 Å². The van der Waals surface area contributed by atoms with Crippen molar-refractivity contribution in [3.05, 3.63) is 53.8 Å². The van der Waals surface area contributed by atoms with Crippen molar-refractivity contribution in [2.45, 2.75) is 31.7 Å². The van der Waals surface area contributed by atoms with Gasteiger partial charge in [-0.3, -0.25) is 4.90 Å². The quantitative estimate of drug-likeness (QED) is 0.662. The second-order valence-corrected chi connectivity index (χ2v) is 9.12. The molecule has 3 aromatic rings. The van der Waals surface area contributed by atoms with E-state index in [0.29, 0.717) is 23.5 Å². The van der Waals surface area contributed by atoms with Crippen LogP contribution in [0, 0.1) is 0 Å². The SMILES string of the molecule is CCS(=O)(=O)c1ccc2oc(CN3CCC(C)=C(c4ccco4)C3)nc2c1. The Morgan fingerprint density at radius 3 is 2.85 bits per heavy atom. The van der Waals surface area contributed by atoms with E-state index in [1.165, 1.54) is 11.1 Å². The number of benzene rings is 1. The third kappa shape index (κ3) is 3.57. The fourth-order valence-corrected chi connectivity index (χ4v) is 4.26. The van der Waals surface area contributed by atoms with Gasteiger partial charge in [-0.25, -0.2) is 13.4 Å². The summed E-state index contributed by atoms with van der Waals surface area (Å²) in [7, 11) is -3.25. The molecule has 0 fully saturated rings. The standard InChI is InChI=1S/C20H22N2O4S/c1-3-27(23,24)15-6-7-19-17(11-15)21-20(26-19)13-22-9-8-14(2)16(12-22)18-5-4-10-25-18/h4-7,10-11H,3,8-9,12-13H2,1-2H3. The number of sulfone groups is 1. The maximum atomic E-state index is 12.1. The molecule has 0 atom stereocenters. The minimum absolute atomic E-state index is 0.0677. The molecule has 4 rings (SSSR count). The van der Waals surface area contributed by atoms with Gasteiger partial charge in [-0.15, -0.1) is 0 Å². The van der Waals surface area contributed by atoms with Gasteiger partial charge in [0.05, 0.1) is 23.5 Å². The van der Waals surface area contributed by atoms with Gasteiger partial charge in [0.1, 0.15) is 11.3 Å². The lowest BCUT2D eigenvalue weighted by Gasteiger charge is -2.28. The summed E-state index contributed by atoms with van der Waals surface area (Å²) in [4.78, 5) is 7.06. The van der Waals surface area contributed by atoms with Crippen molar-refractivity contribution in [1.29, 1.82) is 0 Å². The molecule has 0 radical (unpaired) electrons. The Bertz CT molecular complexity index is 1090. The second kappa shape index (κ2) is 6.98. The molecule has 1 aliphatic heterocycles. The maximum Gasteiger partial charge on any atom is 0.209 e. The van der Waals surface area contributed by atoms with Gasteiger partial charge in [-0.2, -0.15) is 0 Å². The number of fused-ring (bicyclic) bond motifs is 1. The van der Waals surface area contributed by atoms with Gasteiger partial charge in [0.2, 0.25) is 5.89 Å². The molecule has 0 saturated carbocycles. The van der Waals surface area contributed by atoms with E-state index in [9.17, 15) is 8.42 Å². The van der Waals surface area contributed by atoms with Crippen molar-refractivity contribution >= 4 is 26.5 Å². The minimum Gasteiger partial charge on any atom is -0.465 e. The maximum absolute atomic E-state index is 12.1. The Balaban J connectivity index is 1.55. The fourth-order valence-electron chi connectivity index (χ4n) is 3.36. The van der Waals surface area contributed by atoms with E-state index in [1.54, 1.807) is 31.4 Å². The second-order valence-electron chi connectivity index (χ2n) is 6.84. The Kier molecular flexibility index (Phi) is 4.65. The number of hydrogen-bond donors (Lipinski definition) is 0. The highest BCUT2D eigenvalue weighted by atomic mass is 32.2. The highest BCUT2D eigenvalue weighted by Crippen LogP contribution is 2.28. The molecule has 1 aromatic carbocycles. The third-order valence-corrected chi connectivity index (χ3v) is 6.75. The number of rotatable bonds is 5. The lowest BCUT2D eigenvalue weighted by atomic mass is 9.99. The first-order valence-electron chi connectivity index (χ1n) is 9.03. The van der Waals surface area contributed by atoms with Crippen LogP contribution >= 0.6 is 0 Å². The summed E-state index contributed by atoms with van der Waals surface area (Å²) < 4.78 is 35.5. The largest absolute Gasteiger partial charge is 0.465 e. The highest BCUT2D eigenvalue weighted by molar-refractivity contribution is 7.91. The van der Waals surface area contributed by atoms with E-state index >= 15 is 0 Å². The Morgan fingerprint density at radius 1 is 1.26 bits per heavy atom. The van der Waals surface area contributed by atoms with Crippen LogP contribution in [-0.2, 0) is 16.4 Å². The number of furan rings is 1. The lowest BCUT2D eigenvalue weighted by Crippen LogP contribution is -2.30.